The van der Waals surface area contributed by atoms with Crippen LogP contribution in [-0.4, -0.2) is 41.0 Å². The summed E-state index contributed by atoms with van der Waals surface area (Å²) >= 11 is 5.69. The van der Waals surface area contributed by atoms with Crippen molar-refractivity contribution in [3.05, 3.63) is 115 Å². The quantitative estimate of drug-likeness (QED) is 0.284. The minimum absolute atomic E-state index is 0.0678. The molecule has 4 aromatic carbocycles. The number of carbonyl (C=O) groups excluding carboxylic acids is 3. The van der Waals surface area contributed by atoms with Crippen LogP contribution in [0.1, 0.15) is 16.8 Å². The van der Waals surface area contributed by atoms with E-state index in [0.717, 1.165) is 0 Å². The van der Waals surface area contributed by atoms with Crippen LogP contribution in [0.2, 0.25) is 0 Å². The Hall–Kier alpha value is -5.22. The Morgan fingerprint density at radius 1 is 0.829 bits per heavy atom. The third-order valence-electron chi connectivity index (χ3n) is 6.31. The number of hydrogen-bond donors (Lipinski definition) is 2. The van der Waals surface area contributed by atoms with Gasteiger partial charge in [0.05, 0.1) is 19.2 Å². The lowest BCUT2D eigenvalue weighted by atomic mass is 10.1. The van der Waals surface area contributed by atoms with Crippen molar-refractivity contribution >= 4 is 46.4 Å². The summed E-state index contributed by atoms with van der Waals surface area (Å²) in [5.74, 6) is 0.262. The van der Waals surface area contributed by atoms with Crippen molar-refractivity contribution in [1.82, 2.24) is 10.4 Å². The molecule has 2 N–H and O–H groups in total. The van der Waals surface area contributed by atoms with Gasteiger partial charge in [-0.15, -0.1) is 0 Å². The second-order valence-corrected chi connectivity index (χ2v) is 9.37. The van der Waals surface area contributed by atoms with Gasteiger partial charge in [-0.05, 0) is 72.9 Å². The molecular formula is C31H26N4O5S. The summed E-state index contributed by atoms with van der Waals surface area (Å²) in [4.78, 5) is 41.3. The lowest BCUT2D eigenvalue weighted by molar-refractivity contribution is -0.127. The highest BCUT2D eigenvalue weighted by Crippen LogP contribution is 2.32. The van der Waals surface area contributed by atoms with Crippen molar-refractivity contribution in [2.24, 2.45) is 0 Å². The van der Waals surface area contributed by atoms with E-state index in [1.807, 2.05) is 30.3 Å². The van der Waals surface area contributed by atoms with Crippen LogP contribution < -0.4 is 25.1 Å². The van der Waals surface area contributed by atoms with E-state index in [0.29, 0.717) is 34.2 Å². The largest absolute Gasteiger partial charge is 0.495 e. The zero-order valence-electron chi connectivity index (χ0n) is 22.0. The third-order valence-corrected chi connectivity index (χ3v) is 6.69. The van der Waals surface area contributed by atoms with E-state index < -0.39 is 23.8 Å². The predicted octanol–water partition coefficient (Wildman–Crippen LogP) is 5.16. The van der Waals surface area contributed by atoms with Crippen LogP contribution in [0.3, 0.4) is 0 Å². The average molecular weight is 567 g/mol. The van der Waals surface area contributed by atoms with Crippen LogP contribution in [0.4, 0.5) is 11.4 Å². The van der Waals surface area contributed by atoms with Crippen LogP contribution in [0.5, 0.6) is 17.2 Å². The molecule has 0 bridgehead atoms. The molecule has 1 fully saturated rings. The van der Waals surface area contributed by atoms with Crippen molar-refractivity contribution in [3.63, 3.8) is 0 Å². The molecule has 1 saturated heterocycles. The van der Waals surface area contributed by atoms with E-state index in [9.17, 15) is 14.4 Å². The third kappa shape index (κ3) is 6.18. The molecule has 1 unspecified atom stereocenters. The topological polar surface area (TPSA) is 100 Å². The number of benzene rings is 4. The van der Waals surface area contributed by atoms with Gasteiger partial charge >= 0.3 is 0 Å². The van der Waals surface area contributed by atoms with Gasteiger partial charge in [-0.3, -0.25) is 24.7 Å². The van der Waals surface area contributed by atoms with Gasteiger partial charge in [0.25, 0.3) is 5.91 Å². The number of nitrogens with zero attached hydrogens (tertiary/aromatic N) is 2. The van der Waals surface area contributed by atoms with Crippen molar-refractivity contribution in [1.29, 1.82) is 0 Å². The van der Waals surface area contributed by atoms with Gasteiger partial charge in [-0.1, -0.05) is 48.5 Å². The molecule has 0 radical (unpaired) electrons. The first-order chi connectivity index (χ1) is 19.9. The summed E-state index contributed by atoms with van der Waals surface area (Å²) in [6.45, 7) is 0. The van der Waals surface area contributed by atoms with Crippen LogP contribution in [0.25, 0.3) is 0 Å². The Morgan fingerprint density at radius 2 is 1.44 bits per heavy atom. The van der Waals surface area contributed by atoms with E-state index in [4.69, 9.17) is 21.7 Å². The molecule has 1 heterocycles. The molecule has 5 rings (SSSR count). The number of rotatable bonds is 8. The van der Waals surface area contributed by atoms with E-state index in [-0.39, 0.29) is 11.5 Å². The minimum atomic E-state index is -1.12. The summed E-state index contributed by atoms with van der Waals surface area (Å²) in [5.41, 5.74) is 3.98. The number of anilines is 2. The molecule has 0 aliphatic carbocycles. The molecule has 206 valence electrons. The molecular weight excluding hydrogens is 540 g/mol. The molecule has 1 aliphatic rings. The van der Waals surface area contributed by atoms with Gasteiger partial charge in [0.1, 0.15) is 23.3 Å². The van der Waals surface area contributed by atoms with E-state index in [2.05, 4.69) is 10.7 Å². The SMILES string of the molecule is COc1ccccc1N1C(=O)CC(C(=O)Nc2ccc(Oc3ccccc3)cc2)N(NC(=O)c2ccccc2)C1=S. The molecule has 1 atom stereocenters. The highest BCUT2D eigenvalue weighted by atomic mass is 32.1. The van der Waals surface area contributed by atoms with Crippen LogP contribution >= 0.6 is 12.2 Å². The molecule has 3 amide bonds. The van der Waals surface area contributed by atoms with Crippen LogP contribution in [0, 0.1) is 0 Å². The Labute approximate surface area is 242 Å². The summed E-state index contributed by atoms with van der Waals surface area (Å²) in [5, 5.41) is 4.00. The maximum atomic E-state index is 13.5. The normalized spacial score (nSPS) is 14.8. The van der Waals surface area contributed by atoms with Gasteiger partial charge in [0, 0.05) is 11.3 Å². The van der Waals surface area contributed by atoms with Crippen LogP contribution in [-0.2, 0) is 9.59 Å². The van der Waals surface area contributed by atoms with Gasteiger partial charge in [0.2, 0.25) is 16.9 Å². The monoisotopic (exact) mass is 566 g/mol. The maximum Gasteiger partial charge on any atom is 0.269 e. The average Bonchev–Trinajstić information content (AvgIpc) is 3.00. The van der Waals surface area contributed by atoms with Crippen LogP contribution in [0.15, 0.2) is 109 Å². The number of hydrazine groups is 1. The van der Waals surface area contributed by atoms with Crippen molar-refractivity contribution in [3.8, 4) is 17.2 Å². The number of carbonyl (C=O) groups is 3. The Morgan fingerprint density at radius 3 is 2.12 bits per heavy atom. The first-order valence-corrected chi connectivity index (χ1v) is 13.1. The number of para-hydroxylation sites is 3. The van der Waals surface area contributed by atoms with Gasteiger partial charge in [0.15, 0.2) is 0 Å². The molecule has 0 spiro atoms. The fourth-order valence-corrected chi connectivity index (χ4v) is 4.68. The van der Waals surface area contributed by atoms with E-state index >= 15 is 0 Å². The lowest BCUT2D eigenvalue weighted by Gasteiger charge is -2.41. The molecule has 0 saturated carbocycles. The maximum absolute atomic E-state index is 13.5. The fraction of sp³-hybridized carbons (Fsp3) is 0.0968. The van der Waals surface area contributed by atoms with E-state index in [1.54, 1.807) is 78.9 Å². The Balaban J connectivity index is 1.39. The number of methoxy groups -OCH3 is 1. The number of thiocarbonyl (C=S) groups is 1. The fourth-order valence-electron chi connectivity index (χ4n) is 4.30. The first-order valence-electron chi connectivity index (χ1n) is 12.7. The molecule has 41 heavy (non-hydrogen) atoms. The Kier molecular flexibility index (Phi) is 8.21. The van der Waals surface area contributed by atoms with Crippen molar-refractivity contribution in [2.75, 3.05) is 17.3 Å². The molecule has 10 heteroatoms. The summed E-state index contributed by atoms with van der Waals surface area (Å²) in [6.07, 6.45) is -0.256. The van der Waals surface area contributed by atoms with E-state index in [1.165, 1.54) is 17.0 Å². The zero-order valence-corrected chi connectivity index (χ0v) is 22.8. The smallest absolute Gasteiger partial charge is 0.269 e. The summed E-state index contributed by atoms with van der Waals surface area (Å²) in [6, 6.07) is 30.4. The van der Waals surface area contributed by atoms with Gasteiger partial charge < -0.3 is 14.8 Å². The molecule has 9 nitrogen and oxygen atoms in total. The first kappa shape index (κ1) is 27.4. The number of nitrogens with one attached hydrogen (secondary N) is 2. The lowest BCUT2D eigenvalue weighted by Crippen LogP contribution is -2.65. The number of amides is 3. The second kappa shape index (κ2) is 12.3. The number of hydrogen-bond acceptors (Lipinski definition) is 6. The predicted molar refractivity (Wildman–Crippen MR) is 159 cm³/mol. The van der Waals surface area contributed by atoms with Crippen molar-refractivity contribution < 1.29 is 23.9 Å². The summed E-state index contributed by atoms with van der Waals surface area (Å²) in [7, 11) is 1.48. The molecule has 4 aromatic rings. The number of ether oxygens (including phenoxy) is 2. The molecule has 1 aliphatic heterocycles. The highest BCUT2D eigenvalue weighted by Gasteiger charge is 2.42. The van der Waals surface area contributed by atoms with Gasteiger partial charge in [-0.2, -0.15) is 0 Å². The highest BCUT2D eigenvalue weighted by molar-refractivity contribution is 7.80. The Bertz CT molecular complexity index is 1560. The minimum Gasteiger partial charge on any atom is -0.495 e. The van der Waals surface area contributed by atoms with Gasteiger partial charge in [-0.25, -0.2) is 5.01 Å². The van der Waals surface area contributed by atoms with Crippen molar-refractivity contribution in [2.45, 2.75) is 12.5 Å². The molecule has 0 aromatic heterocycles. The second-order valence-electron chi connectivity index (χ2n) is 9.01. The standard InChI is InChI=1S/C31H26N4O5S/c1-39-27-15-9-8-14-25(27)34-28(36)20-26(35(31(34)41)33-29(37)21-10-4-2-5-11-21)30(38)32-22-16-18-24(19-17-22)40-23-12-6-3-7-13-23/h2-19,26H,20H2,1H3,(H,32,38)(H,33,37). The summed E-state index contributed by atoms with van der Waals surface area (Å²) < 4.78 is 11.2. The zero-order chi connectivity index (χ0) is 28.8.